The van der Waals surface area contributed by atoms with E-state index in [1.807, 2.05) is 23.1 Å². The second kappa shape index (κ2) is 7.31. The summed E-state index contributed by atoms with van der Waals surface area (Å²) in [7, 11) is 0. The van der Waals surface area contributed by atoms with Gasteiger partial charge in [0.2, 0.25) is 0 Å². The van der Waals surface area contributed by atoms with Gasteiger partial charge < -0.3 is 9.32 Å². The molecule has 0 saturated carbocycles. The van der Waals surface area contributed by atoms with Crippen LogP contribution in [0, 0.1) is 13.8 Å². The molecule has 1 aliphatic rings. The van der Waals surface area contributed by atoms with E-state index in [0.29, 0.717) is 21.6 Å². The van der Waals surface area contributed by atoms with Crippen molar-refractivity contribution in [3.8, 4) is 0 Å². The van der Waals surface area contributed by atoms with Gasteiger partial charge in [-0.25, -0.2) is 0 Å². The third-order valence-electron chi connectivity index (χ3n) is 4.27. The summed E-state index contributed by atoms with van der Waals surface area (Å²) >= 11 is 3.33. The number of amides is 2. The predicted molar refractivity (Wildman–Crippen MR) is 98.5 cm³/mol. The van der Waals surface area contributed by atoms with Gasteiger partial charge in [-0.2, -0.15) is 0 Å². The lowest BCUT2D eigenvalue weighted by Gasteiger charge is -2.30. The van der Waals surface area contributed by atoms with Crippen LogP contribution in [0.1, 0.15) is 33.9 Å². The smallest absolute Gasteiger partial charge is 0.274 e. The Morgan fingerprint density at radius 2 is 1.96 bits per heavy atom. The maximum absolute atomic E-state index is 12.3. The number of anilines is 1. The van der Waals surface area contributed by atoms with Crippen molar-refractivity contribution >= 4 is 33.4 Å². The monoisotopic (exact) mass is 405 g/mol. The number of aryl methyl sites for hydroxylation is 3. The molecule has 6 nitrogen and oxygen atoms in total. The van der Waals surface area contributed by atoms with Crippen LogP contribution in [-0.4, -0.2) is 24.9 Å². The van der Waals surface area contributed by atoms with Crippen molar-refractivity contribution in [2.45, 2.75) is 26.7 Å². The molecule has 2 N–H and O–H groups in total. The first-order chi connectivity index (χ1) is 12.0. The largest absolute Gasteiger partial charge is 0.465 e. The summed E-state index contributed by atoms with van der Waals surface area (Å²) in [6, 6.07) is 8.09. The molecule has 0 fully saturated rings. The number of hydrazine groups is 1. The molecule has 2 amide bonds. The van der Waals surface area contributed by atoms with E-state index in [4.69, 9.17) is 4.42 Å². The number of furan rings is 1. The van der Waals surface area contributed by atoms with Crippen LogP contribution in [0.15, 0.2) is 33.2 Å². The Balaban J connectivity index is 1.60. The molecule has 2 aromatic rings. The highest BCUT2D eigenvalue weighted by atomic mass is 79.9. The lowest BCUT2D eigenvalue weighted by molar-refractivity contribution is -0.120. The van der Waals surface area contributed by atoms with Crippen molar-refractivity contribution in [2.75, 3.05) is 18.0 Å². The number of halogens is 1. The second-order valence-electron chi connectivity index (χ2n) is 6.06. The molecule has 25 heavy (non-hydrogen) atoms. The van der Waals surface area contributed by atoms with E-state index < -0.39 is 5.91 Å². The highest BCUT2D eigenvalue weighted by Gasteiger charge is 2.22. The zero-order chi connectivity index (χ0) is 18.0. The van der Waals surface area contributed by atoms with Crippen LogP contribution >= 0.6 is 15.9 Å². The number of carbonyl (C=O) groups is 2. The highest BCUT2D eigenvalue weighted by molar-refractivity contribution is 9.10. The Morgan fingerprint density at radius 3 is 2.68 bits per heavy atom. The SMILES string of the molecule is Cc1oc(C)c(C(=O)NNC(=O)CN2CCCc3ccccc32)c1Br. The van der Waals surface area contributed by atoms with Crippen molar-refractivity contribution < 1.29 is 14.0 Å². The van der Waals surface area contributed by atoms with Gasteiger partial charge >= 0.3 is 0 Å². The Morgan fingerprint density at radius 1 is 1.20 bits per heavy atom. The third-order valence-corrected chi connectivity index (χ3v) is 5.23. The maximum atomic E-state index is 12.3. The number of rotatable bonds is 3. The molecule has 0 spiro atoms. The fourth-order valence-corrected chi connectivity index (χ4v) is 3.63. The average Bonchev–Trinajstić information content (AvgIpc) is 2.85. The molecule has 0 unspecified atom stereocenters. The van der Waals surface area contributed by atoms with E-state index in [-0.39, 0.29) is 12.5 Å². The minimum Gasteiger partial charge on any atom is -0.465 e. The number of nitrogens with zero attached hydrogens (tertiary/aromatic N) is 1. The molecule has 132 valence electrons. The van der Waals surface area contributed by atoms with Crippen molar-refractivity contribution in [2.24, 2.45) is 0 Å². The second-order valence-corrected chi connectivity index (χ2v) is 6.85. The molecule has 7 heteroatoms. The first-order valence-corrected chi connectivity index (χ1v) is 8.94. The zero-order valence-corrected chi connectivity index (χ0v) is 15.8. The standard InChI is InChI=1S/C18H20BrN3O3/c1-11-16(17(19)12(2)25-11)18(24)21-20-15(23)10-22-9-5-7-13-6-3-4-8-14(13)22/h3-4,6,8H,5,7,9-10H2,1-2H3,(H,20,23)(H,21,24). The normalized spacial score (nSPS) is 13.3. The van der Waals surface area contributed by atoms with Gasteiger partial charge in [0.15, 0.2) is 0 Å². The lowest BCUT2D eigenvalue weighted by Crippen LogP contribution is -2.47. The molecule has 0 bridgehead atoms. The maximum Gasteiger partial charge on any atom is 0.274 e. The molecule has 1 aliphatic heterocycles. The molecular formula is C18H20BrN3O3. The van der Waals surface area contributed by atoms with E-state index in [0.717, 1.165) is 25.1 Å². The van der Waals surface area contributed by atoms with Gasteiger partial charge in [0.05, 0.1) is 16.6 Å². The van der Waals surface area contributed by atoms with Gasteiger partial charge in [0, 0.05) is 12.2 Å². The van der Waals surface area contributed by atoms with Crippen LogP contribution in [0.5, 0.6) is 0 Å². The summed E-state index contributed by atoms with van der Waals surface area (Å²) in [6.45, 7) is 4.49. The van der Waals surface area contributed by atoms with Crippen molar-refractivity contribution in [3.63, 3.8) is 0 Å². The summed E-state index contributed by atoms with van der Waals surface area (Å²) in [5.74, 6) is 0.452. The molecular weight excluding hydrogens is 386 g/mol. The van der Waals surface area contributed by atoms with Gasteiger partial charge in [-0.15, -0.1) is 0 Å². The van der Waals surface area contributed by atoms with E-state index in [1.165, 1.54) is 5.56 Å². The summed E-state index contributed by atoms with van der Waals surface area (Å²) in [5, 5.41) is 0. The molecule has 0 saturated heterocycles. The number of nitrogens with one attached hydrogen (secondary N) is 2. The fourth-order valence-electron chi connectivity index (χ4n) is 3.09. The summed E-state index contributed by atoms with van der Waals surface area (Å²) in [6.07, 6.45) is 2.04. The van der Waals surface area contributed by atoms with E-state index in [9.17, 15) is 9.59 Å². The van der Waals surface area contributed by atoms with Crippen LogP contribution in [-0.2, 0) is 11.2 Å². The molecule has 1 aromatic heterocycles. The average molecular weight is 406 g/mol. The van der Waals surface area contributed by atoms with Crippen LogP contribution in [0.2, 0.25) is 0 Å². The Bertz CT molecular complexity index is 816. The molecule has 2 heterocycles. The number of hydrogen-bond acceptors (Lipinski definition) is 4. The van der Waals surface area contributed by atoms with Gasteiger partial charge in [-0.1, -0.05) is 18.2 Å². The number of para-hydroxylation sites is 1. The van der Waals surface area contributed by atoms with E-state index >= 15 is 0 Å². The van der Waals surface area contributed by atoms with Crippen LogP contribution in [0.3, 0.4) is 0 Å². The topological polar surface area (TPSA) is 74.6 Å². The van der Waals surface area contributed by atoms with Gasteiger partial charge in [0.25, 0.3) is 11.8 Å². The summed E-state index contributed by atoms with van der Waals surface area (Å²) in [5.41, 5.74) is 7.65. The minimum atomic E-state index is -0.409. The van der Waals surface area contributed by atoms with Crippen molar-refractivity contribution in [1.82, 2.24) is 10.9 Å². The number of carbonyl (C=O) groups excluding carboxylic acids is 2. The summed E-state index contributed by atoms with van der Waals surface area (Å²) < 4.78 is 6.00. The van der Waals surface area contributed by atoms with Crippen molar-refractivity contribution in [1.29, 1.82) is 0 Å². The molecule has 1 aromatic carbocycles. The van der Waals surface area contributed by atoms with Crippen LogP contribution < -0.4 is 15.8 Å². The van der Waals surface area contributed by atoms with Crippen LogP contribution in [0.4, 0.5) is 5.69 Å². The van der Waals surface area contributed by atoms with Crippen LogP contribution in [0.25, 0.3) is 0 Å². The molecule has 3 rings (SSSR count). The third kappa shape index (κ3) is 3.71. The number of benzene rings is 1. The first-order valence-electron chi connectivity index (χ1n) is 8.15. The molecule has 0 aliphatic carbocycles. The minimum absolute atomic E-state index is 0.196. The Kier molecular flexibility index (Phi) is 5.13. The molecule has 0 radical (unpaired) electrons. The quantitative estimate of drug-likeness (QED) is 0.769. The lowest BCUT2D eigenvalue weighted by atomic mass is 10.0. The summed E-state index contributed by atoms with van der Waals surface area (Å²) in [4.78, 5) is 26.5. The van der Waals surface area contributed by atoms with Gasteiger partial charge in [-0.05, 0) is 54.2 Å². The van der Waals surface area contributed by atoms with Crippen molar-refractivity contribution in [3.05, 3.63) is 51.4 Å². The Labute approximate surface area is 154 Å². The van der Waals surface area contributed by atoms with E-state index in [2.05, 4.69) is 32.8 Å². The number of hydrogen-bond donors (Lipinski definition) is 2. The number of fused-ring (bicyclic) bond motifs is 1. The van der Waals surface area contributed by atoms with Gasteiger partial charge in [-0.3, -0.25) is 20.4 Å². The first kappa shape index (κ1) is 17.5. The predicted octanol–water partition coefficient (Wildman–Crippen LogP) is 2.87. The fraction of sp³-hybridized carbons (Fsp3) is 0.333. The molecule has 0 atom stereocenters. The van der Waals surface area contributed by atoms with Gasteiger partial charge in [0.1, 0.15) is 11.5 Å². The van der Waals surface area contributed by atoms with E-state index in [1.54, 1.807) is 13.8 Å². The zero-order valence-electron chi connectivity index (χ0n) is 14.2. The Hall–Kier alpha value is -2.28. The highest BCUT2D eigenvalue weighted by Crippen LogP contribution is 2.27.